The second-order valence-electron chi connectivity index (χ2n) is 8.72. The number of nitrogens with one attached hydrogen (secondary N) is 2. The number of unbranched alkanes of at least 4 members (excludes halogenated alkanes) is 1. The van der Waals surface area contributed by atoms with Gasteiger partial charge in [0.15, 0.2) is 5.17 Å². The Morgan fingerprint density at radius 2 is 1.89 bits per heavy atom. The van der Waals surface area contributed by atoms with Gasteiger partial charge in [0, 0.05) is 24.6 Å². The molecular weight excluding hydrogens is 506 g/mol. The first kappa shape index (κ1) is 27.2. The van der Waals surface area contributed by atoms with Crippen LogP contribution in [0.1, 0.15) is 38.2 Å². The molecule has 38 heavy (non-hydrogen) atoms. The van der Waals surface area contributed by atoms with E-state index < -0.39 is 6.04 Å². The number of anilines is 1. The van der Waals surface area contributed by atoms with Gasteiger partial charge < -0.3 is 20.1 Å². The summed E-state index contributed by atoms with van der Waals surface area (Å²) in [5.41, 5.74) is 1.90. The number of rotatable bonds is 11. The SMILES string of the molecule is CCCCNC(=O)CCC1C(=O)N=C2c3ccccc3N=C(SCC(=O)Nc3cc(OC)ccc3OC)N21. The third-order valence-corrected chi connectivity index (χ3v) is 7.07. The first-order valence-electron chi connectivity index (χ1n) is 12.5. The minimum absolute atomic E-state index is 0.0313. The van der Waals surface area contributed by atoms with Gasteiger partial charge in [-0.1, -0.05) is 37.2 Å². The predicted molar refractivity (Wildman–Crippen MR) is 148 cm³/mol. The van der Waals surface area contributed by atoms with Crippen molar-refractivity contribution in [3.63, 3.8) is 0 Å². The molecule has 2 aliphatic heterocycles. The first-order chi connectivity index (χ1) is 18.4. The van der Waals surface area contributed by atoms with Gasteiger partial charge in [-0.25, -0.2) is 4.99 Å². The molecule has 2 N–H and O–H groups in total. The van der Waals surface area contributed by atoms with Crippen LogP contribution in [0, 0.1) is 0 Å². The van der Waals surface area contributed by atoms with Gasteiger partial charge in [0.25, 0.3) is 5.91 Å². The molecule has 10 nitrogen and oxygen atoms in total. The molecule has 0 radical (unpaired) electrons. The Morgan fingerprint density at radius 1 is 1.08 bits per heavy atom. The normalized spacial score (nSPS) is 15.7. The van der Waals surface area contributed by atoms with Gasteiger partial charge in [0.05, 0.1) is 31.3 Å². The largest absolute Gasteiger partial charge is 0.497 e. The van der Waals surface area contributed by atoms with E-state index in [2.05, 4.69) is 22.5 Å². The molecule has 0 fully saturated rings. The second-order valence-corrected chi connectivity index (χ2v) is 9.66. The minimum atomic E-state index is -0.664. The van der Waals surface area contributed by atoms with Crippen molar-refractivity contribution in [3.05, 3.63) is 48.0 Å². The Labute approximate surface area is 225 Å². The van der Waals surface area contributed by atoms with Crippen molar-refractivity contribution in [1.82, 2.24) is 10.2 Å². The highest BCUT2D eigenvalue weighted by Gasteiger charge is 2.41. The molecule has 2 aromatic rings. The summed E-state index contributed by atoms with van der Waals surface area (Å²) in [5.74, 6) is 0.911. The van der Waals surface area contributed by atoms with E-state index in [0.29, 0.717) is 46.8 Å². The van der Waals surface area contributed by atoms with E-state index in [1.165, 1.54) is 18.9 Å². The van der Waals surface area contributed by atoms with E-state index >= 15 is 0 Å². The minimum Gasteiger partial charge on any atom is -0.497 e. The highest BCUT2D eigenvalue weighted by molar-refractivity contribution is 8.14. The molecule has 0 aliphatic carbocycles. The van der Waals surface area contributed by atoms with Crippen molar-refractivity contribution >= 4 is 51.9 Å². The van der Waals surface area contributed by atoms with E-state index in [4.69, 9.17) is 14.5 Å². The van der Waals surface area contributed by atoms with Crippen molar-refractivity contribution in [1.29, 1.82) is 0 Å². The highest BCUT2D eigenvalue weighted by atomic mass is 32.2. The maximum atomic E-state index is 12.9. The zero-order valence-electron chi connectivity index (χ0n) is 21.7. The number of benzene rings is 2. The zero-order chi connectivity index (χ0) is 27.1. The number of fused-ring (bicyclic) bond motifs is 3. The Hall–Kier alpha value is -3.86. The van der Waals surface area contributed by atoms with Gasteiger partial charge >= 0.3 is 0 Å². The van der Waals surface area contributed by atoms with Crippen LogP contribution in [0.2, 0.25) is 0 Å². The number of hydrogen-bond donors (Lipinski definition) is 2. The number of amides is 3. The lowest BCUT2D eigenvalue weighted by Gasteiger charge is -2.31. The number of carbonyl (C=O) groups excluding carboxylic acids is 3. The van der Waals surface area contributed by atoms with Crippen LogP contribution in [-0.2, 0) is 14.4 Å². The Morgan fingerprint density at radius 3 is 2.66 bits per heavy atom. The molecule has 2 aliphatic rings. The van der Waals surface area contributed by atoms with Crippen LogP contribution in [-0.4, -0.2) is 66.2 Å². The summed E-state index contributed by atoms with van der Waals surface area (Å²) in [6.07, 6.45) is 2.37. The van der Waals surface area contributed by atoms with Crippen LogP contribution in [0.3, 0.4) is 0 Å². The number of ether oxygens (including phenoxy) is 2. The fourth-order valence-corrected chi connectivity index (χ4v) is 5.01. The topological polar surface area (TPSA) is 122 Å². The molecule has 2 aromatic carbocycles. The average Bonchev–Trinajstić information content (AvgIpc) is 3.26. The standard InChI is InChI=1S/C27H31N5O5S/c1-4-5-14-28-23(33)13-11-21-26(35)31-25-18-8-6-7-9-19(18)30-27(32(21)25)38-16-24(34)29-20-15-17(36-2)10-12-22(20)37-3/h6-10,12,15,21H,4-5,11,13-14,16H2,1-3H3,(H,28,33)(H,29,34). The van der Waals surface area contributed by atoms with Crippen molar-refractivity contribution in [2.75, 3.05) is 31.8 Å². The monoisotopic (exact) mass is 537 g/mol. The van der Waals surface area contributed by atoms with E-state index in [1.54, 1.807) is 30.2 Å². The molecular formula is C27H31N5O5S. The van der Waals surface area contributed by atoms with Gasteiger partial charge in [0.1, 0.15) is 23.4 Å². The number of methoxy groups -OCH3 is 2. The van der Waals surface area contributed by atoms with Crippen molar-refractivity contribution in [2.24, 2.45) is 9.98 Å². The van der Waals surface area contributed by atoms with Crippen molar-refractivity contribution in [3.8, 4) is 11.5 Å². The van der Waals surface area contributed by atoms with Gasteiger partial charge in [0.2, 0.25) is 11.8 Å². The number of amidine groups is 2. The van der Waals surface area contributed by atoms with E-state index in [0.717, 1.165) is 18.4 Å². The zero-order valence-corrected chi connectivity index (χ0v) is 22.5. The molecule has 11 heteroatoms. The second kappa shape index (κ2) is 12.6. The predicted octanol–water partition coefficient (Wildman–Crippen LogP) is 3.73. The van der Waals surface area contributed by atoms with Crippen LogP contribution < -0.4 is 20.1 Å². The molecule has 0 aromatic heterocycles. The molecule has 3 amide bonds. The average molecular weight is 538 g/mol. The molecule has 1 unspecified atom stereocenters. The highest BCUT2D eigenvalue weighted by Crippen LogP contribution is 2.35. The van der Waals surface area contributed by atoms with E-state index in [9.17, 15) is 14.4 Å². The first-order valence-corrected chi connectivity index (χ1v) is 13.4. The van der Waals surface area contributed by atoms with Gasteiger partial charge in [-0.3, -0.25) is 19.3 Å². The number of para-hydroxylation sites is 1. The summed E-state index contributed by atoms with van der Waals surface area (Å²) >= 11 is 1.20. The quantitative estimate of drug-likeness (QED) is 0.419. The van der Waals surface area contributed by atoms with Crippen LogP contribution >= 0.6 is 11.8 Å². The maximum absolute atomic E-state index is 12.9. The Kier molecular flexibility index (Phi) is 9.01. The number of hydrogen-bond acceptors (Lipinski definition) is 8. The summed E-state index contributed by atoms with van der Waals surface area (Å²) < 4.78 is 10.6. The van der Waals surface area contributed by atoms with Gasteiger partial charge in [-0.05, 0) is 37.1 Å². The van der Waals surface area contributed by atoms with E-state index in [-0.39, 0.29) is 29.9 Å². The van der Waals surface area contributed by atoms with Crippen LogP contribution in [0.25, 0.3) is 0 Å². The Bertz CT molecular complexity index is 1280. The molecule has 2 heterocycles. The smallest absolute Gasteiger partial charge is 0.270 e. The molecule has 0 saturated heterocycles. The lowest BCUT2D eigenvalue weighted by atomic mass is 10.1. The number of carbonyl (C=O) groups is 3. The van der Waals surface area contributed by atoms with Gasteiger partial charge in [-0.2, -0.15) is 4.99 Å². The molecule has 4 rings (SSSR count). The number of nitrogens with zero attached hydrogens (tertiary/aromatic N) is 3. The lowest BCUT2D eigenvalue weighted by Crippen LogP contribution is -2.44. The molecule has 1 atom stereocenters. The summed E-state index contributed by atoms with van der Waals surface area (Å²) in [6, 6.07) is 11.9. The van der Waals surface area contributed by atoms with Crippen molar-refractivity contribution in [2.45, 2.75) is 38.6 Å². The van der Waals surface area contributed by atoms with Crippen molar-refractivity contribution < 1.29 is 23.9 Å². The third kappa shape index (κ3) is 6.16. The van der Waals surface area contributed by atoms with E-state index in [1.807, 2.05) is 24.3 Å². The molecule has 0 saturated carbocycles. The third-order valence-electron chi connectivity index (χ3n) is 6.12. The summed E-state index contributed by atoms with van der Waals surface area (Å²) in [6.45, 7) is 2.67. The number of thioether (sulfide) groups is 1. The van der Waals surface area contributed by atoms with Crippen LogP contribution in [0.15, 0.2) is 52.4 Å². The molecule has 0 spiro atoms. The Balaban J connectivity index is 1.49. The van der Waals surface area contributed by atoms with Gasteiger partial charge in [-0.15, -0.1) is 0 Å². The number of aliphatic imine (C=N–C) groups is 2. The summed E-state index contributed by atoms with van der Waals surface area (Å²) in [4.78, 5) is 49.0. The fourth-order valence-electron chi connectivity index (χ4n) is 4.17. The van der Waals surface area contributed by atoms with Crippen LogP contribution in [0.5, 0.6) is 11.5 Å². The molecule has 200 valence electrons. The maximum Gasteiger partial charge on any atom is 0.270 e. The lowest BCUT2D eigenvalue weighted by molar-refractivity contribution is -0.122. The fraction of sp³-hybridized carbons (Fsp3) is 0.370. The molecule has 0 bridgehead atoms. The summed E-state index contributed by atoms with van der Waals surface area (Å²) in [7, 11) is 3.07. The van der Waals surface area contributed by atoms with Crippen LogP contribution in [0.4, 0.5) is 11.4 Å². The summed E-state index contributed by atoms with van der Waals surface area (Å²) in [5, 5.41) is 6.22.